The summed E-state index contributed by atoms with van der Waals surface area (Å²) in [6.45, 7) is -0.165. The van der Waals surface area contributed by atoms with Crippen molar-refractivity contribution in [2.75, 3.05) is 6.61 Å². The lowest BCUT2D eigenvalue weighted by atomic mass is 10.1. The quantitative estimate of drug-likeness (QED) is 0.463. The number of hydrogen-bond acceptors (Lipinski definition) is 5. The molecule has 1 aromatic carbocycles. The molecule has 0 unspecified atom stereocenters. The molecule has 0 aliphatic heterocycles. The smallest absolute Gasteiger partial charge is 0.341 e. The lowest BCUT2D eigenvalue weighted by Crippen LogP contribution is -2.11. The van der Waals surface area contributed by atoms with Gasteiger partial charge in [-0.15, -0.1) is 0 Å². The number of aryl methyl sites for hydroxylation is 1. The molecule has 7 nitrogen and oxygen atoms in total. The van der Waals surface area contributed by atoms with Gasteiger partial charge >= 0.3 is 5.97 Å². The first-order valence-electron chi connectivity index (χ1n) is 6.61. The van der Waals surface area contributed by atoms with Crippen LogP contribution in [0, 0.1) is 10.1 Å². The number of hydrogen-bond donors (Lipinski definition) is 0. The van der Waals surface area contributed by atoms with Crippen LogP contribution in [0.15, 0.2) is 30.5 Å². The van der Waals surface area contributed by atoms with Crippen LogP contribution in [0.25, 0.3) is 0 Å². The maximum Gasteiger partial charge on any atom is 0.341 e. The van der Waals surface area contributed by atoms with Crippen LogP contribution in [0.4, 0.5) is 14.5 Å². The summed E-state index contributed by atoms with van der Waals surface area (Å²) in [5, 5.41) is 14.5. The van der Waals surface area contributed by atoms with Gasteiger partial charge in [-0.3, -0.25) is 14.8 Å². The number of alkyl halides is 2. The summed E-state index contributed by atoms with van der Waals surface area (Å²) >= 11 is 0. The van der Waals surface area contributed by atoms with Crippen molar-refractivity contribution in [1.82, 2.24) is 9.78 Å². The Balaban J connectivity index is 2.03. The molecule has 1 aromatic heterocycles. The number of benzene rings is 1. The fourth-order valence-electron chi connectivity index (χ4n) is 2.09. The zero-order valence-electron chi connectivity index (χ0n) is 12.1. The summed E-state index contributed by atoms with van der Waals surface area (Å²) < 4.78 is 31.6. The monoisotopic (exact) mass is 325 g/mol. The van der Waals surface area contributed by atoms with Crippen LogP contribution >= 0.6 is 0 Å². The molecule has 1 heterocycles. The van der Waals surface area contributed by atoms with Crippen LogP contribution in [0.2, 0.25) is 0 Å². The van der Waals surface area contributed by atoms with Crippen LogP contribution in [0.3, 0.4) is 0 Å². The Morgan fingerprint density at radius 2 is 2.13 bits per heavy atom. The maximum absolute atomic E-state index is 12.9. The molecule has 0 saturated carbocycles. The molecule has 0 saturated heterocycles. The molecular weight excluding hydrogens is 312 g/mol. The van der Waals surface area contributed by atoms with Gasteiger partial charge in [0.15, 0.2) is 0 Å². The fraction of sp³-hybridized carbons (Fsp3) is 0.286. The highest BCUT2D eigenvalue weighted by Crippen LogP contribution is 2.23. The van der Waals surface area contributed by atoms with Gasteiger partial charge < -0.3 is 4.74 Å². The number of nitro benzene ring substituents is 1. The molecule has 0 spiro atoms. The largest absolute Gasteiger partial charge is 0.462 e. The Morgan fingerprint density at radius 3 is 2.78 bits per heavy atom. The van der Waals surface area contributed by atoms with Gasteiger partial charge in [-0.1, -0.05) is 18.2 Å². The molecule has 0 aliphatic rings. The van der Waals surface area contributed by atoms with Crippen molar-refractivity contribution in [2.24, 2.45) is 7.05 Å². The summed E-state index contributed by atoms with van der Waals surface area (Å²) in [5.74, 6) is -0.938. The minimum Gasteiger partial charge on any atom is -0.462 e. The van der Waals surface area contributed by atoms with Gasteiger partial charge in [0.05, 0.1) is 17.7 Å². The van der Waals surface area contributed by atoms with E-state index in [2.05, 4.69) is 5.10 Å². The Hall–Kier alpha value is -2.84. The van der Waals surface area contributed by atoms with Gasteiger partial charge in [0.25, 0.3) is 12.1 Å². The van der Waals surface area contributed by atoms with E-state index in [1.165, 1.54) is 19.2 Å². The maximum atomic E-state index is 12.9. The number of aromatic nitrogens is 2. The average Bonchev–Trinajstić information content (AvgIpc) is 2.89. The Labute approximate surface area is 129 Å². The molecule has 0 bridgehead atoms. The Bertz CT molecular complexity index is 731. The third kappa shape index (κ3) is 3.68. The van der Waals surface area contributed by atoms with Crippen molar-refractivity contribution in [3.05, 3.63) is 57.4 Å². The van der Waals surface area contributed by atoms with Crippen LogP contribution in [0.5, 0.6) is 0 Å². The van der Waals surface area contributed by atoms with Crippen molar-refractivity contribution >= 4 is 11.7 Å². The van der Waals surface area contributed by atoms with E-state index >= 15 is 0 Å². The van der Waals surface area contributed by atoms with Crippen LogP contribution < -0.4 is 0 Å². The molecule has 0 amide bonds. The first kappa shape index (κ1) is 16.5. The molecule has 0 fully saturated rings. The van der Waals surface area contributed by atoms with E-state index in [9.17, 15) is 23.7 Å². The third-order valence-corrected chi connectivity index (χ3v) is 3.20. The number of nitrogens with zero attached hydrogens (tertiary/aromatic N) is 3. The number of ether oxygens (including phenoxy) is 1. The van der Waals surface area contributed by atoms with E-state index in [1.807, 2.05) is 0 Å². The van der Waals surface area contributed by atoms with Crippen LogP contribution in [-0.2, 0) is 18.2 Å². The summed E-state index contributed by atoms with van der Waals surface area (Å²) in [7, 11) is 1.30. The van der Waals surface area contributed by atoms with Gasteiger partial charge in [0.1, 0.15) is 11.3 Å². The number of carbonyl (C=O) groups excluding carboxylic acids is 1. The highest BCUT2D eigenvalue weighted by molar-refractivity contribution is 5.90. The molecule has 2 aromatic rings. The Morgan fingerprint density at radius 1 is 1.43 bits per heavy atom. The minimum atomic E-state index is -2.86. The van der Waals surface area contributed by atoms with Crippen molar-refractivity contribution in [2.45, 2.75) is 12.8 Å². The van der Waals surface area contributed by atoms with Gasteiger partial charge in [0, 0.05) is 25.1 Å². The SMILES string of the molecule is Cn1ncc(C(=O)OCCc2ccccc2[N+](=O)[O-])c1C(F)F. The number of halogens is 2. The number of nitro groups is 1. The molecule has 122 valence electrons. The van der Waals surface area contributed by atoms with Crippen molar-refractivity contribution in [3.8, 4) is 0 Å². The van der Waals surface area contributed by atoms with Gasteiger partial charge in [-0.05, 0) is 0 Å². The zero-order chi connectivity index (χ0) is 17.0. The molecule has 0 N–H and O–H groups in total. The molecule has 0 atom stereocenters. The predicted octanol–water partition coefficient (Wildman–Crippen LogP) is 2.67. The second-order valence-corrected chi connectivity index (χ2v) is 4.64. The second-order valence-electron chi connectivity index (χ2n) is 4.64. The average molecular weight is 325 g/mol. The van der Waals surface area contributed by atoms with Crippen molar-refractivity contribution in [1.29, 1.82) is 0 Å². The first-order chi connectivity index (χ1) is 10.9. The molecule has 0 radical (unpaired) electrons. The van der Waals surface area contributed by atoms with Gasteiger partial charge in [-0.25, -0.2) is 13.6 Å². The number of rotatable bonds is 6. The van der Waals surface area contributed by atoms with Crippen molar-refractivity contribution < 1.29 is 23.2 Å². The fourth-order valence-corrected chi connectivity index (χ4v) is 2.09. The van der Waals surface area contributed by atoms with Crippen molar-refractivity contribution in [3.63, 3.8) is 0 Å². The highest BCUT2D eigenvalue weighted by Gasteiger charge is 2.24. The predicted molar refractivity (Wildman–Crippen MR) is 75.2 cm³/mol. The molecule has 2 rings (SSSR count). The van der Waals surface area contributed by atoms with E-state index in [0.29, 0.717) is 5.56 Å². The zero-order valence-corrected chi connectivity index (χ0v) is 12.1. The van der Waals surface area contributed by atoms with Crippen LogP contribution in [-0.4, -0.2) is 27.3 Å². The summed E-state index contributed by atoms with van der Waals surface area (Å²) in [6, 6.07) is 6.03. The highest BCUT2D eigenvalue weighted by atomic mass is 19.3. The number of esters is 1. The minimum absolute atomic E-state index is 0.0850. The normalized spacial score (nSPS) is 10.8. The summed E-state index contributed by atoms with van der Waals surface area (Å²) in [6.07, 6.45) is -1.75. The molecule has 23 heavy (non-hydrogen) atoms. The third-order valence-electron chi connectivity index (χ3n) is 3.20. The Kier molecular flexibility index (Phi) is 4.99. The van der Waals surface area contributed by atoms with E-state index in [-0.39, 0.29) is 24.3 Å². The number of para-hydroxylation sites is 1. The van der Waals surface area contributed by atoms with Gasteiger partial charge in [0.2, 0.25) is 0 Å². The number of carbonyl (C=O) groups is 1. The molecule has 0 aliphatic carbocycles. The van der Waals surface area contributed by atoms with E-state index < -0.39 is 23.0 Å². The molecular formula is C14H13F2N3O4. The lowest BCUT2D eigenvalue weighted by molar-refractivity contribution is -0.385. The topological polar surface area (TPSA) is 87.3 Å². The second kappa shape index (κ2) is 6.95. The standard InChI is InChI=1S/C14H13F2N3O4/c1-18-12(13(15)16)10(8-17-18)14(20)23-7-6-9-4-2-3-5-11(9)19(21)22/h2-5,8,13H,6-7H2,1H3. The van der Waals surface area contributed by atoms with Gasteiger partial charge in [-0.2, -0.15) is 5.10 Å². The van der Waals surface area contributed by atoms with E-state index in [1.54, 1.807) is 12.1 Å². The summed E-state index contributed by atoms with van der Waals surface area (Å²) in [4.78, 5) is 22.2. The lowest BCUT2D eigenvalue weighted by Gasteiger charge is -2.07. The van der Waals surface area contributed by atoms with Crippen LogP contribution in [0.1, 0.15) is 28.0 Å². The van der Waals surface area contributed by atoms with E-state index in [0.717, 1.165) is 10.9 Å². The summed E-state index contributed by atoms with van der Waals surface area (Å²) in [5.41, 5.74) is -0.533. The molecule has 9 heteroatoms. The first-order valence-corrected chi connectivity index (χ1v) is 6.61. The van der Waals surface area contributed by atoms with E-state index in [4.69, 9.17) is 4.74 Å².